The van der Waals surface area contributed by atoms with E-state index >= 15 is 0 Å². The molecule has 5 rings (SSSR count). The van der Waals surface area contributed by atoms with Crippen LogP contribution in [-0.2, 0) is 17.8 Å². The van der Waals surface area contributed by atoms with Crippen molar-refractivity contribution >= 4 is 38.8 Å². The number of likely N-dealkylation sites (N-methyl/N-ethyl adjacent to an activating group) is 1. The van der Waals surface area contributed by atoms with Crippen molar-refractivity contribution in [1.82, 2.24) is 14.9 Å². The summed E-state index contributed by atoms with van der Waals surface area (Å²) in [5.41, 5.74) is 10.9. The van der Waals surface area contributed by atoms with E-state index in [2.05, 4.69) is 22.2 Å². The van der Waals surface area contributed by atoms with Crippen molar-refractivity contribution < 1.29 is 9.53 Å². The van der Waals surface area contributed by atoms with E-state index in [-0.39, 0.29) is 11.5 Å². The predicted molar refractivity (Wildman–Crippen MR) is 149 cm³/mol. The summed E-state index contributed by atoms with van der Waals surface area (Å²) in [5, 5.41) is 3.58. The number of anilines is 2. The van der Waals surface area contributed by atoms with Gasteiger partial charge in [0.05, 0.1) is 23.4 Å². The van der Waals surface area contributed by atoms with Crippen LogP contribution in [0.5, 0.6) is 5.75 Å². The molecule has 0 saturated heterocycles. The maximum absolute atomic E-state index is 13.0. The molecule has 0 spiro atoms. The van der Waals surface area contributed by atoms with Crippen LogP contribution < -0.4 is 21.3 Å². The maximum atomic E-state index is 13.0. The van der Waals surface area contributed by atoms with Crippen molar-refractivity contribution in [1.29, 1.82) is 0 Å². The number of hydrogen-bond donors (Lipinski definition) is 3. The zero-order chi connectivity index (χ0) is 26.1. The number of nitrogen functional groups attached to an aromatic ring is 1. The Hall–Kier alpha value is -3.69. The standard InChI is InChI=1S/C28H31N5O3S/c1-16-13-18(26-31-27(35)24-19-10-11-33(3)15-22(19)37-28(24)32-26)14-17(2)25(16)36-12-6-9-23(34)30-21-8-5-4-7-20(21)29/h4-5,7-8,13-14H,6,9-12,15,29H2,1-3H3,(H,30,34)(H,31,32,35). The second kappa shape index (κ2) is 10.4. The van der Waals surface area contributed by atoms with Crippen LogP contribution in [0.25, 0.3) is 21.6 Å². The number of nitrogens with zero attached hydrogens (tertiary/aromatic N) is 2. The molecule has 0 bridgehead atoms. The summed E-state index contributed by atoms with van der Waals surface area (Å²) in [6.45, 7) is 6.18. The SMILES string of the molecule is Cc1cc(-c2nc3sc4c(c3c(=O)[nH]2)CCN(C)C4)cc(C)c1OCCCC(=O)Nc1ccccc1N. The fourth-order valence-corrected chi connectivity index (χ4v) is 6.11. The van der Waals surface area contributed by atoms with Crippen molar-refractivity contribution in [3.05, 3.63) is 68.3 Å². The number of nitrogens with two attached hydrogens (primary N) is 1. The summed E-state index contributed by atoms with van der Waals surface area (Å²) in [7, 11) is 2.10. The summed E-state index contributed by atoms with van der Waals surface area (Å²) in [5.74, 6) is 1.26. The van der Waals surface area contributed by atoms with Gasteiger partial charge in [0.1, 0.15) is 16.4 Å². The molecule has 192 valence electrons. The molecule has 4 N–H and O–H groups in total. The lowest BCUT2D eigenvalue weighted by atomic mass is 10.0. The number of aromatic nitrogens is 2. The molecule has 0 unspecified atom stereocenters. The fourth-order valence-electron chi connectivity index (χ4n) is 4.81. The number of benzene rings is 2. The van der Waals surface area contributed by atoms with Crippen LogP contribution in [0, 0.1) is 13.8 Å². The largest absolute Gasteiger partial charge is 0.493 e. The second-order valence-corrected chi connectivity index (χ2v) is 10.7. The molecule has 2 aromatic heterocycles. The number of rotatable bonds is 7. The third kappa shape index (κ3) is 5.23. The van der Waals surface area contributed by atoms with Crippen molar-refractivity contribution in [2.24, 2.45) is 0 Å². The minimum absolute atomic E-state index is 0.0757. The van der Waals surface area contributed by atoms with E-state index in [0.29, 0.717) is 36.6 Å². The molecule has 0 atom stereocenters. The quantitative estimate of drug-likeness (QED) is 0.243. The Labute approximate surface area is 219 Å². The Balaban J connectivity index is 1.26. The molecule has 0 fully saturated rings. The highest BCUT2D eigenvalue weighted by Crippen LogP contribution is 2.34. The first kappa shape index (κ1) is 25.0. The number of ether oxygens (including phenoxy) is 1. The number of H-pyrrole nitrogens is 1. The molecule has 8 nitrogen and oxygen atoms in total. The van der Waals surface area contributed by atoms with E-state index in [4.69, 9.17) is 15.5 Å². The molecule has 1 amide bonds. The number of hydrogen-bond acceptors (Lipinski definition) is 7. The Morgan fingerprint density at radius 2 is 2.00 bits per heavy atom. The fraction of sp³-hybridized carbons (Fsp3) is 0.321. The highest BCUT2D eigenvalue weighted by atomic mass is 32.1. The second-order valence-electron chi connectivity index (χ2n) is 9.61. The molecule has 3 heterocycles. The topological polar surface area (TPSA) is 113 Å². The molecule has 0 saturated carbocycles. The van der Waals surface area contributed by atoms with Gasteiger partial charge in [-0.2, -0.15) is 0 Å². The summed E-state index contributed by atoms with van der Waals surface area (Å²) >= 11 is 1.62. The number of thiophene rings is 1. The van der Waals surface area contributed by atoms with E-state index in [1.54, 1.807) is 23.5 Å². The molecule has 37 heavy (non-hydrogen) atoms. The Morgan fingerprint density at radius 3 is 2.76 bits per heavy atom. The van der Waals surface area contributed by atoms with Crippen LogP contribution in [0.15, 0.2) is 41.2 Å². The summed E-state index contributed by atoms with van der Waals surface area (Å²) in [4.78, 5) is 37.4. The molecule has 0 aliphatic carbocycles. The molecule has 1 aliphatic rings. The number of carbonyl (C=O) groups is 1. The van der Waals surface area contributed by atoms with Gasteiger partial charge < -0.3 is 25.7 Å². The third-order valence-corrected chi connectivity index (χ3v) is 7.78. The highest BCUT2D eigenvalue weighted by Gasteiger charge is 2.22. The lowest BCUT2D eigenvalue weighted by molar-refractivity contribution is -0.116. The van der Waals surface area contributed by atoms with E-state index in [1.165, 1.54) is 4.88 Å². The van der Waals surface area contributed by atoms with Gasteiger partial charge in [0.15, 0.2) is 0 Å². The van der Waals surface area contributed by atoms with Crippen LogP contribution in [0.1, 0.15) is 34.4 Å². The number of nitrogens with one attached hydrogen (secondary N) is 2. The van der Waals surface area contributed by atoms with E-state index < -0.39 is 0 Å². The van der Waals surface area contributed by atoms with E-state index in [0.717, 1.165) is 57.7 Å². The normalized spacial score (nSPS) is 13.5. The van der Waals surface area contributed by atoms with Gasteiger partial charge in [-0.3, -0.25) is 9.59 Å². The Kier molecular flexibility index (Phi) is 6.99. The van der Waals surface area contributed by atoms with Gasteiger partial charge in [0.25, 0.3) is 5.56 Å². The van der Waals surface area contributed by atoms with Crippen molar-refractivity contribution in [3.8, 4) is 17.1 Å². The monoisotopic (exact) mass is 517 g/mol. The van der Waals surface area contributed by atoms with Gasteiger partial charge in [0.2, 0.25) is 5.91 Å². The average Bonchev–Trinajstić information content (AvgIpc) is 3.22. The summed E-state index contributed by atoms with van der Waals surface area (Å²) < 4.78 is 6.04. The molecular formula is C28H31N5O3S. The lowest BCUT2D eigenvalue weighted by Crippen LogP contribution is -2.25. The zero-order valence-corrected chi connectivity index (χ0v) is 22.1. The molecule has 2 aromatic carbocycles. The number of para-hydroxylation sites is 2. The van der Waals surface area contributed by atoms with Crippen LogP contribution in [0.3, 0.4) is 0 Å². The van der Waals surface area contributed by atoms with Crippen molar-refractivity contribution in [3.63, 3.8) is 0 Å². The molecule has 9 heteroatoms. The minimum Gasteiger partial charge on any atom is -0.493 e. The minimum atomic E-state index is -0.0994. The van der Waals surface area contributed by atoms with Crippen LogP contribution in [0.4, 0.5) is 11.4 Å². The number of fused-ring (bicyclic) bond motifs is 3. The Morgan fingerprint density at radius 1 is 1.24 bits per heavy atom. The van der Waals surface area contributed by atoms with Gasteiger partial charge in [-0.15, -0.1) is 11.3 Å². The van der Waals surface area contributed by atoms with Crippen LogP contribution in [-0.4, -0.2) is 41.0 Å². The molecule has 4 aromatic rings. The van der Waals surface area contributed by atoms with Crippen molar-refractivity contribution in [2.75, 3.05) is 31.2 Å². The van der Waals surface area contributed by atoms with Gasteiger partial charge >= 0.3 is 0 Å². The zero-order valence-electron chi connectivity index (χ0n) is 21.3. The number of aromatic amines is 1. The first-order chi connectivity index (χ1) is 17.8. The van der Waals surface area contributed by atoms with Crippen LogP contribution in [0.2, 0.25) is 0 Å². The first-order valence-corrected chi connectivity index (χ1v) is 13.2. The predicted octanol–water partition coefficient (Wildman–Crippen LogP) is 4.64. The summed E-state index contributed by atoms with van der Waals surface area (Å²) in [6, 6.07) is 11.2. The Bertz CT molecular complexity index is 1520. The average molecular weight is 518 g/mol. The number of amides is 1. The van der Waals surface area contributed by atoms with Gasteiger partial charge in [-0.05, 0) is 74.7 Å². The van der Waals surface area contributed by atoms with Gasteiger partial charge in [-0.25, -0.2) is 4.98 Å². The van der Waals surface area contributed by atoms with Crippen molar-refractivity contribution in [2.45, 2.75) is 39.7 Å². The lowest BCUT2D eigenvalue weighted by Gasteiger charge is -2.21. The number of aryl methyl sites for hydroxylation is 2. The number of carbonyl (C=O) groups excluding carboxylic acids is 1. The molecule has 0 radical (unpaired) electrons. The molecular weight excluding hydrogens is 486 g/mol. The molecule has 1 aliphatic heterocycles. The summed E-state index contributed by atoms with van der Waals surface area (Å²) in [6.07, 6.45) is 1.78. The van der Waals surface area contributed by atoms with Gasteiger partial charge in [-0.1, -0.05) is 12.1 Å². The third-order valence-electron chi connectivity index (χ3n) is 6.66. The smallest absolute Gasteiger partial charge is 0.260 e. The van der Waals surface area contributed by atoms with E-state index in [9.17, 15) is 9.59 Å². The van der Waals surface area contributed by atoms with Gasteiger partial charge in [0, 0.05) is 30.0 Å². The maximum Gasteiger partial charge on any atom is 0.260 e. The van der Waals surface area contributed by atoms with Crippen LogP contribution >= 0.6 is 11.3 Å². The first-order valence-electron chi connectivity index (χ1n) is 12.4. The highest BCUT2D eigenvalue weighted by molar-refractivity contribution is 7.18. The van der Waals surface area contributed by atoms with E-state index in [1.807, 2.05) is 38.1 Å².